The van der Waals surface area contributed by atoms with Gasteiger partial charge in [-0.25, -0.2) is 0 Å². The van der Waals surface area contributed by atoms with Crippen molar-refractivity contribution in [2.24, 2.45) is 0 Å². The Hall–Kier alpha value is -2.89. The van der Waals surface area contributed by atoms with Crippen molar-refractivity contribution in [1.82, 2.24) is 0 Å². The van der Waals surface area contributed by atoms with Crippen molar-refractivity contribution in [2.75, 3.05) is 13.2 Å². The van der Waals surface area contributed by atoms with Crippen molar-refractivity contribution in [1.29, 1.82) is 0 Å². The topological polar surface area (TPSA) is 78.9 Å². The summed E-state index contributed by atoms with van der Waals surface area (Å²) in [4.78, 5) is 37.8. The third kappa shape index (κ3) is 46.0. The van der Waals surface area contributed by atoms with Crippen LogP contribution in [0.5, 0.6) is 0 Å². The quantitative estimate of drug-likeness (QED) is 0.0263. The smallest absolute Gasteiger partial charge is 0.306 e. The maximum atomic E-state index is 12.7. The maximum absolute atomic E-state index is 12.7. The number of carbonyl (C=O) groups is 3. The van der Waals surface area contributed by atoms with E-state index in [9.17, 15) is 14.4 Å². The van der Waals surface area contributed by atoms with Crippen molar-refractivity contribution < 1.29 is 28.6 Å². The second-order valence-electron chi connectivity index (χ2n) is 16.3. The number of hydrogen-bond donors (Lipinski definition) is 0. The Morgan fingerprint density at radius 3 is 1.14 bits per heavy atom. The van der Waals surface area contributed by atoms with Crippen LogP contribution in [-0.2, 0) is 28.6 Å². The summed E-state index contributed by atoms with van der Waals surface area (Å²) in [5, 5.41) is 0. The molecule has 59 heavy (non-hydrogen) atoms. The van der Waals surface area contributed by atoms with E-state index in [0.717, 1.165) is 77.0 Å². The SMILES string of the molecule is CC/C=C\C/C=C\C/C=C\C/C=C\CCC(=O)OC(COC(=O)CCCCCCC/C=C\CCCCC)COC(=O)CCCCCCCCCCCCCCCCCC. The van der Waals surface area contributed by atoms with Crippen LogP contribution in [0.25, 0.3) is 0 Å². The molecule has 0 aromatic rings. The molecule has 0 N–H and O–H groups in total. The molecule has 0 heterocycles. The summed E-state index contributed by atoms with van der Waals surface area (Å²) >= 11 is 0. The highest BCUT2D eigenvalue weighted by molar-refractivity contribution is 5.71. The van der Waals surface area contributed by atoms with Gasteiger partial charge < -0.3 is 14.2 Å². The zero-order chi connectivity index (χ0) is 43.0. The van der Waals surface area contributed by atoms with Gasteiger partial charge in [-0.05, 0) is 70.6 Å². The van der Waals surface area contributed by atoms with Crippen LogP contribution in [-0.4, -0.2) is 37.2 Å². The van der Waals surface area contributed by atoms with Gasteiger partial charge in [0.25, 0.3) is 0 Å². The first-order chi connectivity index (χ1) is 29.0. The van der Waals surface area contributed by atoms with Crippen LogP contribution >= 0.6 is 0 Å². The lowest BCUT2D eigenvalue weighted by atomic mass is 10.0. The summed E-state index contributed by atoms with van der Waals surface area (Å²) in [5.41, 5.74) is 0. The molecular formula is C53H92O6. The van der Waals surface area contributed by atoms with Gasteiger partial charge in [-0.15, -0.1) is 0 Å². The lowest BCUT2D eigenvalue weighted by molar-refractivity contribution is -0.166. The van der Waals surface area contributed by atoms with Gasteiger partial charge in [0, 0.05) is 19.3 Å². The van der Waals surface area contributed by atoms with E-state index in [0.29, 0.717) is 19.3 Å². The van der Waals surface area contributed by atoms with E-state index in [2.05, 4.69) is 69.4 Å². The molecule has 0 bridgehead atoms. The summed E-state index contributed by atoms with van der Waals surface area (Å²) in [7, 11) is 0. The van der Waals surface area contributed by atoms with Crippen LogP contribution in [0, 0.1) is 0 Å². The first-order valence-corrected chi connectivity index (χ1v) is 24.8. The molecule has 0 aliphatic rings. The lowest BCUT2D eigenvalue weighted by Crippen LogP contribution is -2.30. The predicted octanol–water partition coefficient (Wildman–Crippen LogP) is 16.1. The molecule has 0 fully saturated rings. The number of unbranched alkanes of at least 4 members (excludes halogenated alkanes) is 23. The number of allylic oxidation sites excluding steroid dienone is 10. The Labute approximate surface area is 364 Å². The molecule has 0 amide bonds. The Bertz CT molecular complexity index is 1090. The van der Waals surface area contributed by atoms with Crippen molar-refractivity contribution in [2.45, 2.75) is 245 Å². The highest BCUT2D eigenvalue weighted by Crippen LogP contribution is 2.15. The second-order valence-corrected chi connectivity index (χ2v) is 16.3. The third-order valence-electron chi connectivity index (χ3n) is 10.5. The summed E-state index contributed by atoms with van der Waals surface area (Å²) in [6, 6.07) is 0. The van der Waals surface area contributed by atoms with Crippen molar-refractivity contribution in [3.05, 3.63) is 60.8 Å². The zero-order valence-corrected chi connectivity index (χ0v) is 38.8. The molecule has 0 aromatic carbocycles. The first-order valence-electron chi connectivity index (χ1n) is 24.8. The minimum atomic E-state index is -0.811. The van der Waals surface area contributed by atoms with E-state index in [4.69, 9.17) is 14.2 Å². The van der Waals surface area contributed by atoms with E-state index in [1.807, 2.05) is 12.2 Å². The molecule has 0 aliphatic heterocycles. The fourth-order valence-electron chi connectivity index (χ4n) is 6.80. The fourth-order valence-corrected chi connectivity index (χ4v) is 6.80. The van der Waals surface area contributed by atoms with Gasteiger partial charge in [-0.2, -0.15) is 0 Å². The van der Waals surface area contributed by atoms with Crippen molar-refractivity contribution >= 4 is 17.9 Å². The summed E-state index contributed by atoms with van der Waals surface area (Å²) in [6.07, 6.45) is 57.9. The second kappa shape index (κ2) is 47.8. The highest BCUT2D eigenvalue weighted by Gasteiger charge is 2.19. The molecule has 0 aliphatic carbocycles. The van der Waals surface area contributed by atoms with Crippen LogP contribution in [0.1, 0.15) is 239 Å². The maximum Gasteiger partial charge on any atom is 0.306 e. The Morgan fingerprint density at radius 2 is 0.695 bits per heavy atom. The van der Waals surface area contributed by atoms with Crippen LogP contribution in [0.3, 0.4) is 0 Å². The molecule has 6 nitrogen and oxygen atoms in total. The molecule has 0 saturated heterocycles. The Morgan fingerprint density at radius 1 is 0.356 bits per heavy atom. The van der Waals surface area contributed by atoms with E-state index in [1.54, 1.807) is 0 Å². The Kier molecular flexibility index (Phi) is 45.4. The molecule has 0 rings (SSSR count). The molecule has 0 radical (unpaired) electrons. The fraction of sp³-hybridized carbons (Fsp3) is 0.755. The van der Waals surface area contributed by atoms with E-state index < -0.39 is 12.1 Å². The largest absolute Gasteiger partial charge is 0.462 e. The third-order valence-corrected chi connectivity index (χ3v) is 10.5. The number of carbonyl (C=O) groups excluding carboxylic acids is 3. The monoisotopic (exact) mass is 825 g/mol. The summed E-state index contributed by atoms with van der Waals surface area (Å²) < 4.78 is 16.7. The van der Waals surface area contributed by atoms with Gasteiger partial charge in [0.1, 0.15) is 13.2 Å². The van der Waals surface area contributed by atoms with Crippen LogP contribution in [0.4, 0.5) is 0 Å². The minimum Gasteiger partial charge on any atom is -0.462 e. The van der Waals surface area contributed by atoms with Crippen LogP contribution in [0.2, 0.25) is 0 Å². The van der Waals surface area contributed by atoms with Gasteiger partial charge in [-0.3, -0.25) is 14.4 Å². The van der Waals surface area contributed by atoms with E-state index >= 15 is 0 Å². The minimum absolute atomic E-state index is 0.103. The number of esters is 3. The summed E-state index contributed by atoms with van der Waals surface area (Å²) in [6.45, 7) is 6.43. The number of hydrogen-bond acceptors (Lipinski definition) is 6. The zero-order valence-electron chi connectivity index (χ0n) is 38.8. The van der Waals surface area contributed by atoms with Gasteiger partial charge in [-0.1, -0.05) is 210 Å². The molecule has 1 atom stereocenters. The average molecular weight is 825 g/mol. The highest BCUT2D eigenvalue weighted by atomic mass is 16.6. The molecule has 1 unspecified atom stereocenters. The van der Waals surface area contributed by atoms with Gasteiger partial charge in [0.2, 0.25) is 0 Å². The van der Waals surface area contributed by atoms with Crippen molar-refractivity contribution in [3.63, 3.8) is 0 Å². The van der Waals surface area contributed by atoms with Gasteiger partial charge in [0.15, 0.2) is 6.10 Å². The molecular weight excluding hydrogens is 733 g/mol. The average Bonchev–Trinajstić information content (AvgIpc) is 3.23. The first kappa shape index (κ1) is 56.1. The standard InChI is InChI=1S/C53H92O6/c1-4-7-10-13-16-19-22-25-26-27-29-31-34-37-40-43-46-52(55)58-49-50(48-57-51(54)45-42-39-36-33-30-24-21-18-15-12-9-6-3)59-53(56)47-44-41-38-35-32-28-23-20-17-14-11-8-5-2/h8,11,17-18,20-21,28,32,38,41,50H,4-7,9-10,12-16,19,22-27,29-31,33-37,39-40,42-49H2,1-3H3/b11-8-,20-17-,21-18-,32-28-,41-38-. The van der Waals surface area contributed by atoms with E-state index in [1.165, 1.54) is 116 Å². The van der Waals surface area contributed by atoms with Crippen LogP contribution < -0.4 is 0 Å². The molecule has 0 spiro atoms. The van der Waals surface area contributed by atoms with E-state index in [-0.39, 0.29) is 31.6 Å². The summed E-state index contributed by atoms with van der Waals surface area (Å²) in [5.74, 6) is -0.993. The number of ether oxygens (including phenoxy) is 3. The van der Waals surface area contributed by atoms with Gasteiger partial charge in [0.05, 0.1) is 0 Å². The molecule has 0 saturated carbocycles. The van der Waals surface area contributed by atoms with Crippen LogP contribution in [0.15, 0.2) is 60.8 Å². The van der Waals surface area contributed by atoms with Crippen molar-refractivity contribution in [3.8, 4) is 0 Å². The van der Waals surface area contributed by atoms with Gasteiger partial charge >= 0.3 is 17.9 Å². The Balaban J connectivity index is 4.44. The molecule has 6 heteroatoms. The number of rotatable bonds is 44. The molecule has 340 valence electrons. The normalized spacial score (nSPS) is 12.5. The predicted molar refractivity (Wildman–Crippen MR) is 251 cm³/mol. The molecule has 0 aromatic heterocycles. The lowest BCUT2D eigenvalue weighted by Gasteiger charge is -2.18.